The van der Waals surface area contributed by atoms with E-state index in [-0.39, 0.29) is 0 Å². The van der Waals surface area contributed by atoms with Crippen LogP contribution in [0.3, 0.4) is 0 Å². The molecule has 1 aliphatic carbocycles. The number of fused-ring (bicyclic) bond motifs is 2. The van der Waals surface area contributed by atoms with Crippen LogP contribution in [0.2, 0.25) is 0 Å². The maximum absolute atomic E-state index is 5.75. The van der Waals surface area contributed by atoms with Crippen LogP contribution in [0.25, 0.3) is 28.2 Å². The van der Waals surface area contributed by atoms with E-state index in [2.05, 4.69) is 50.3 Å². The Morgan fingerprint density at radius 1 is 0.950 bits per heavy atom. The first kappa shape index (κ1) is 11.5. The number of hydrogen-bond donors (Lipinski definition) is 0. The van der Waals surface area contributed by atoms with Crippen molar-refractivity contribution in [3.63, 3.8) is 0 Å². The molecule has 1 heterocycles. The zero-order chi connectivity index (χ0) is 13.7. The van der Waals surface area contributed by atoms with Gasteiger partial charge in [0.05, 0.1) is 6.26 Å². The fraction of sp³-hybridized carbons (Fsp3) is 0.158. The summed E-state index contributed by atoms with van der Waals surface area (Å²) in [5.74, 6) is 0. The van der Waals surface area contributed by atoms with E-state index in [1.54, 1.807) is 6.26 Å². The number of benzene rings is 2. The summed E-state index contributed by atoms with van der Waals surface area (Å²) in [6, 6.07) is 10.8. The molecule has 0 saturated heterocycles. The van der Waals surface area contributed by atoms with Crippen LogP contribution < -0.4 is 0 Å². The molecule has 0 amide bonds. The number of furan rings is 1. The van der Waals surface area contributed by atoms with Gasteiger partial charge in [0.1, 0.15) is 5.58 Å². The van der Waals surface area contributed by atoms with E-state index in [1.807, 2.05) is 6.07 Å². The molecule has 2 aromatic carbocycles. The largest absolute Gasteiger partial charge is 0.464 e. The summed E-state index contributed by atoms with van der Waals surface area (Å²) in [5, 5.41) is 1.17. The Morgan fingerprint density at radius 2 is 1.80 bits per heavy atom. The second-order valence-electron chi connectivity index (χ2n) is 5.53. The molecular weight excluding hydrogens is 244 g/mol. The second kappa shape index (κ2) is 4.11. The van der Waals surface area contributed by atoms with Crippen molar-refractivity contribution in [1.82, 2.24) is 0 Å². The highest BCUT2D eigenvalue weighted by Gasteiger charge is 2.18. The first-order chi connectivity index (χ1) is 9.75. The maximum Gasteiger partial charge on any atom is 0.141 e. The minimum absolute atomic E-state index is 0.997. The number of aryl methyl sites for hydroxylation is 2. The molecule has 20 heavy (non-hydrogen) atoms. The van der Waals surface area contributed by atoms with Gasteiger partial charge in [-0.05, 0) is 54.2 Å². The van der Waals surface area contributed by atoms with Gasteiger partial charge < -0.3 is 4.42 Å². The quantitative estimate of drug-likeness (QED) is 0.579. The minimum Gasteiger partial charge on any atom is -0.464 e. The van der Waals surface area contributed by atoms with Crippen LogP contribution in [0, 0.1) is 13.8 Å². The van der Waals surface area contributed by atoms with Crippen molar-refractivity contribution < 1.29 is 4.42 Å². The lowest BCUT2D eigenvalue weighted by Gasteiger charge is -2.13. The molecule has 0 aliphatic heterocycles. The first-order valence-corrected chi connectivity index (χ1v) is 7.02. The molecule has 0 bridgehead atoms. The summed E-state index contributed by atoms with van der Waals surface area (Å²) in [7, 11) is 0. The zero-order valence-electron chi connectivity index (χ0n) is 11.7. The van der Waals surface area contributed by atoms with Crippen LogP contribution in [0.15, 0.2) is 47.1 Å². The van der Waals surface area contributed by atoms with Gasteiger partial charge in [0.2, 0.25) is 0 Å². The highest BCUT2D eigenvalue weighted by atomic mass is 16.3. The summed E-state index contributed by atoms with van der Waals surface area (Å²) >= 11 is 0. The van der Waals surface area contributed by atoms with Crippen LogP contribution in [0.4, 0.5) is 0 Å². The third kappa shape index (κ3) is 1.50. The Labute approximate surface area is 118 Å². The lowest BCUT2D eigenvalue weighted by atomic mass is 9.91. The molecule has 0 unspecified atom stereocenters. The van der Waals surface area contributed by atoms with Crippen molar-refractivity contribution in [2.75, 3.05) is 0 Å². The predicted octanol–water partition coefficient (Wildman–Crippen LogP) is 5.29. The fourth-order valence-electron chi connectivity index (χ4n) is 3.21. The molecule has 3 aromatic rings. The summed E-state index contributed by atoms with van der Waals surface area (Å²) < 4.78 is 5.75. The molecule has 1 aromatic heterocycles. The Hall–Kier alpha value is -2.28. The van der Waals surface area contributed by atoms with Crippen LogP contribution in [-0.4, -0.2) is 0 Å². The van der Waals surface area contributed by atoms with E-state index in [4.69, 9.17) is 4.42 Å². The normalized spacial score (nSPS) is 13.1. The molecule has 0 N–H and O–H groups in total. The van der Waals surface area contributed by atoms with E-state index in [9.17, 15) is 0 Å². The van der Waals surface area contributed by atoms with Gasteiger partial charge in [-0.25, -0.2) is 0 Å². The van der Waals surface area contributed by atoms with Crippen LogP contribution in [0.5, 0.6) is 0 Å². The number of rotatable bonds is 1. The van der Waals surface area contributed by atoms with E-state index in [1.165, 1.54) is 38.8 Å². The van der Waals surface area contributed by atoms with Gasteiger partial charge in [-0.2, -0.15) is 0 Å². The van der Waals surface area contributed by atoms with Crippen molar-refractivity contribution in [2.45, 2.75) is 20.3 Å². The summed E-state index contributed by atoms with van der Waals surface area (Å²) in [6.07, 6.45) is 7.32. The standard InChI is InChI=1S/C19H16O/c1-12-7-9-17(16-5-3-4-15(12)16)18-13(2)6-8-14-10-11-20-19(14)18/h3,5-11H,4H2,1-2H3. The van der Waals surface area contributed by atoms with Crippen molar-refractivity contribution in [1.29, 1.82) is 0 Å². The molecule has 0 saturated carbocycles. The monoisotopic (exact) mass is 260 g/mol. The van der Waals surface area contributed by atoms with Gasteiger partial charge in [0.15, 0.2) is 0 Å². The molecule has 0 radical (unpaired) electrons. The lowest BCUT2D eigenvalue weighted by molar-refractivity contribution is 0.616. The van der Waals surface area contributed by atoms with E-state index < -0.39 is 0 Å². The molecule has 0 fully saturated rings. The third-order valence-corrected chi connectivity index (χ3v) is 4.30. The van der Waals surface area contributed by atoms with Gasteiger partial charge in [0.25, 0.3) is 0 Å². The molecule has 0 spiro atoms. The summed E-state index contributed by atoms with van der Waals surface area (Å²) in [5.41, 5.74) is 8.96. The molecule has 1 aliphatic rings. The van der Waals surface area contributed by atoms with Crippen molar-refractivity contribution in [3.05, 3.63) is 64.9 Å². The average Bonchev–Trinajstić information content (AvgIpc) is 3.08. The van der Waals surface area contributed by atoms with Crippen LogP contribution >= 0.6 is 0 Å². The number of hydrogen-bond acceptors (Lipinski definition) is 1. The number of allylic oxidation sites excluding steroid dienone is 1. The van der Waals surface area contributed by atoms with Gasteiger partial charge in [-0.15, -0.1) is 0 Å². The van der Waals surface area contributed by atoms with E-state index >= 15 is 0 Å². The first-order valence-electron chi connectivity index (χ1n) is 7.02. The SMILES string of the molecule is Cc1ccc(-c2c(C)ccc3ccoc23)c2c1CC=C2. The molecule has 4 rings (SSSR count). The summed E-state index contributed by atoms with van der Waals surface area (Å²) in [6.45, 7) is 4.35. The minimum atomic E-state index is 0.997. The molecule has 98 valence electrons. The third-order valence-electron chi connectivity index (χ3n) is 4.30. The fourth-order valence-corrected chi connectivity index (χ4v) is 3.21. The van der Waals surface area contributed by atoms with Crippen LogP contribution in [-0.2, 0) is 6.42 Å². The molecule has 1 heteroatoms. The lowest BCUT2D eigenvalue weighted by Crippen LogP contribution is -1.93. The maximum atomic E-state index is 5.75. The van der Waals surface area contributed by atoms with Gasteiger partial charge in [-0.3, -0.25) is 0 Å². The van der Waals surface area contributed by atoms with E-state index in [0.29, 0.717) is 0 Å². The van der Waals surface area contributed by atoms with Crippen LogP contribution in [0.1, 0.15) is 22.3 Å². The van der Waals surface area contributed by atoms with E-state index in [0.717, 1.165) is 12.0 Å². The Bertz CT molecular complexity index is 850. The van der Waals surface area contributed by atoms with Crippen molar-refractivity contribution in [3.8, 4) is 11.1 Å². The average molecular weight is 260 g/mol. The second-order valence-corrected chi connectivity index (χ2v) is 5.53. The van der Waals surface area contributed by atoms with Gasteiger partial charge >= 0.3 is 0 Å². The topological polar surface area (TPSA) is 13.1 Å². The predicted molar refractivity (Wildman–Crippen MR) is 83.9 cm³/mol. The Morgan fingerprint density at radius 3 is 2.70 bits per heavy atom. The molecular formula is C19H16O. The zero-order valence-corrected chi connectivity index (χ0v) is 11.7. The molecule has 0 atom stereocenters. The van der Waals surface area contributed by atoms with Crippen molar-refractivity contribution >= 4 is 17.0 Å². The smallest absolute Gasteiger partial charge is 0.141 e. The Kier molecular flexibility index (Phi) is 2.37. The molecule has 1 nitrogen and oxygen atoms in total. The highest BCUT2D eigenvalue weighted by Crippen LogP contribution is 2.38. The van der Waals surface area contributed by atoms with Crippen molar-refractivity contribution in [2.24, 2.45) is 0 Å². The summed E-state index contributed by atoms with van der Waals surface area (Å²) in [4.78, 5) is 0. The Balaban J connectivity index is 2.10. The highest BCUT2D eigenvalue weighted by molar-refractivity contribution is 5.97. The van der Waals surface area contributed by atoms with Gasteiger partial charge in [-0.1, -0.05) is 36.4 Å². The van der Waals surface area contributed by atoms with Gasteiger partial charge in [0, 0.05) is 10.9 Å².